The Hall–Kier alpha value is -1.83. The summed E-state index contributed by atoms with van der Waals surface area (Å²) in [6.45, 7) is 2.03. The van der Waals surface area contributed by atoms with Gasteiger partial charge in [0.05, 0.1) is 10.6 Å². The molecule has 1 aromatic heterocycles. The number of nitrogens with zero attached hydrogens (tertiary/aromatic N) is 3. The number of rotatable bonds is 5. The van der Waals surface area contributed by atoms with Gasteiger partial charge >= 0.3 is 5.69 Å². The SMILES string of the molecule is CSCC(C)Nc1ccc([N+](=O)[O-])c2nonc12. The second-order valence-electron chi connectivity index (χ2n) is 3.85. The predicted octanol–water partition coefficient (Wildman–Crippen LogP) is 2.29. The summed E-state index contributed by atoms with van der Waals surface area (Å²) >= 11 is 1.71. The van der Waals surface area contributed by atoms with Crippen LogP contribution in [0.4, 0.5) is 11.4 Å². The van der Waals surface area contributed by atoms with Crippen molar-refractivity contribution < 1.29 is 9.55 Å². The number of benzene rings is 1. The highest BCUT2D eigenvalue weighted by atomic mass is 32.2. The van der Waals surface area contributed by atoms with Crippen LogP contribution in [-0.4, -0.2) is 33.3 Å². The molecule has 1 heterocycles. The molecular weight excluding hydrogens is 256 g/mol. The maximum Gasteiger partial charge on any atom is 0.300 e. The van der Waals surface area contributed by atoms with Crippen molar-refractivity contribution in [2.45, 2.75) is 13.0 Å². The van der Waals surface area contributed by atoms with Crippen molar-refractivity contribution in [3.8, 4) is 0 Å². The van der Waals surface area contributed by atoms with E-state index in [-0.39, 0.29) is 17.2 Å². The molecule has 1 N–H and O–H groups in total. The topological polar surface area (TPSA) is 94.1 Å². The molecule has 0 saturated carbocycles. The zero-order valence-electron chi connectivity index (χ0n) is 9.91. The van der Waals surface area contributed by atoms with Crippen molar-refractivity contribution in [1.29, 1.82) is 0 Å². The van der Waals surface area contributed by atoms with Crippen LogP contribution in [0.5, 0.6) is 0 Å². The largest absolute Gasteiger partial charge is 0.380 e. The summed E-state index contributed by atoms with van der Waals surface area (Å²) < 4.78 is 4.59. The van der Waals surface area contributed by atoms with Crippen LogP contribution in [-0.2, 0) is 0 Å². The van der Waals surface area contributed by atoms with Gasteiger partial charge in [0.25, 0.3) is 0 Å². The van der Waals surface area contributed by atoms with Crippen molar-refractivity contribution in [2.75, 3.05) is 17.3 Å². The monoisotopic (exact) mass is 268 g/mol. The number of nitro benzene ring substituents is 1. The maximum absolute atomic E-state index is 10.8. The average Bonchev–Trinajstić information content (AvgIpc) is 2.78. The number of nitro groups is 1. The third kappa shape index (κ3) is 2.37. The first-order valence-corrected chi connectivity index (χ1v) is 6.68. The Balaban J connectivity index is 2.38. The van der Waals surface area contributed by atoms with Gasteiger partial charge in [-0.1, -0.05) is 0 Å². The molecule has 0 spiro atoms. The number of aromatic nitrogens is 2. The highest BCUT2D eigenvalue weighted by molar-refractivity contribution is 7.98. The summed E-state index contributed by atoms with van der Waals surface area (Å²) in [6, 6.07) is 3.25. The van der Waals surface area contributed by atoms with Crippen molar-refractivity contribution >= 4 is 34.2 Å². The van der Waals surface area contributed by atoms with Crippen LogP contribution in [0, 0.1) is 10.1 Å². The van der Waals surface area contributed by atoms with Crippen LogP contribution in [0.3, 0.4) is 0 Å². The number of thioether (sulfide) groups is 1. The van der Waals surface area contributed by atoms with Gasteiger partial charge in [-0.05, 0) is 29.6 Å². The van der Waals surface area contributed by atoms with E-state index in [0.717, 1.165) is 5.75 Å². The lowest BCUT2D eigenvalue weighted by atomic mass is 10.2. The molecule has 7 nitrogen and oxygen atoms in total. The molecule has 2 aromatic rings. The second-order valence-corrected chi connectivity index (χ2v) is 4.76. The van der Waals surface area contributed by atoms with Gasteiger partial charge in [0, 0.05) is 17.9 Å². The minimum atomic E-state index is -0.498. The molecule has 1 atom stereocenters. The van der Waals surface area contributed by atoms with Crippen LogP contribution in [0.2, 0.25) is 0 Å². The number of nitrogens with one attached hydrogen (secondary N) is 1. The third-order valence-electron chi connectivity index (χ3n) is 2.41. The molecule has 0 aliphatic heterocycles. The highest BCUT2D eigenvalue weighted by Gasteiger charge is 2.19. The van der Waals surface area contributed by atoms with E-state index in [9.17, 15) is 10.1 Å². The molecule has 1 aromatic carbocycles. The molecule has 1 unspecified atom stereocenters. The van der Waals surface area contributed by atoms with Gasteiger partial charge in [0.2, 0.25) is 5.52 Å². The summed E-state index contributed by atoms with van der Waals surface area (Å²) in [6.07, 6.45) is 2.02. The maximum atomic E-state index is 10.8. The fraction of sp³-hybridized carbons (Fsp3) is 0.400. The smallest absolute Gasteiger partial charge is 0.300 e. The lowest BCUT2D eigenvalue weighted by molar-refractivity contribution is -0.383. The Bertz CT molecular complexity index is 571. The van der Waals surface area contributed by atoms with Gasteiger partial charge in [-0.2, -0.15) is 11.8 Å². The average molecular weight is 268 g/mol. The summed E-state index contributed by atoms with van der Waals surface area (Å²) in [7, 11) is 0. The van der Waals surface area contributed by atoms with E-state index in [1.54, 1.807) is 17.8 Å². The van der Waals surface area contributed by atoms with Gasteiger partial charge in [0.1, 0.15) is 0 Å². The first-order valence-electron chi connectivity index (χ1n) is 5.28. The molecule has 0 bridgehead atoms. The molecule has 0 amide bonds. The van der Waals surface area contributed by atoms with Crippen LogP contribution in [0.1, 0.15) is 6.92 Å². The van der Waals surface area contributed by atoms with E-state index in [1.165, 1.54) is 6.07 Å². The van der Waals surface area contributed by atoms with Crippen LogP contribution >= 0.6 is 11.8 Å². The van der Waals surface area contributed by atoms with E-state index in [0.29, 0.717) is 11.2 Å². The number of non-ortho nitro benzene ring substituents is 1. The quantitative estimate of drug-likeness (QED) is 0.656. The van der Waals surface area contributed by atoms with Crippen LogP contribution in [0.15, 0.2) is 16.8 Å². The number of anilines is 1. The Kier molecular flexibility index (Phi) is 3.66. The molecule has 8 heteroatoms. The molecule has 0 radical (unpaired) electrons. The summed E-state index contributed by atoms with van der Waals surface area (Å²) in [4.78, 5) is 10.3. The van der Waals surface area contributed by atoms with Crippen LogP contribution < -0.4 is 5.32 Å². The zero-order chi connectivity index (χ0) is 13.1. The molecule has 0 aliphatic rings. The van der Waals surface area contributed by atoms with Gasteiger partial charge in [-0.3, -0.25) is 10.1 Å². The molecule has 0 fully saturated rings. The number of hydrogen-bond donors (Lipinski definition) is 1. The zero-order valence-corrected chi connectivity index (χ0v) is 10.7. The van der Waals surface area contributed by atoms with E-state index in [1.807, 2.05) is 13.2 Å². The van der Waals surface area contributed by atoms with Crippen molar-refractivity contribution in [3.05, 3.63) is 22.2 Å². The van der Waals surface area contributed by atoms with Gasteiger partial charge in [-0.15, -0.1) is 0 Å². The van der Waals surface area contributed by atoms with Crippen LogP contribution in [0.25, 0.3) is 11.0 Å². The van der Waals surface area contributed by atoms with Crippen molar-refractivity contribution in [1.82, 2.24) is 10.3 Å². The molecule has 0 aliphatic carbocycles. The minimum absolute atomic E-state index is 0.102. The van der Waals surface area contributed by atoms with Crippen molar-refractivity contribution in [3.63, 3.8) is 0 Å². The Morgan fingerprint density at radius 1 is 1.50 bits per heavy atom. The van der Waals surface area contributed by atoms with E-state index in [4.69, 9.17) is 0 Å². The molecule has 18 heavy (non-hydrogen) atoms. The molecule has 2 rings (SSSR count). The van der Waals surface area contributed by atoms with E-state index >= 15 is 0 Å². The molecule has 96 valence electrons. The predicted molar refractivity (Wildman–Crippen MR) is 69.9 cm³/mol. The van der Waals surface area contributed by atoms with E-state index < -0.39 is 4.92 Å². The first kappa shape index (κ1) is 12.6. The summed E-state index contributed by atoms with van der Waals surface area (Å²) in [5.41, 5.74) is 1.14. The first-order chi connectivity index (χ1) is 8.63. The Morgan fingerprint density at radius 3 is 2.89 bits per heavy atom. The Morgan fingerprint density at radius 2 is 2.22 bits per heavy atom. The summed E-state index contributed by atoms with van der Waals surface area (Å²) in [5, 5.41) is 21.3. The fourth-order valence-electron chi connectivity index (χ4n) is 1.67. The van der Waals surface area contributed by atoms with Gasteiger partial charge in [-0.25, -0.2) is 4.63 Å². The lowest BCUT2D eigenvalue weighted by Crippen LogP contribution is -2.17. The summed E-state index contributed by atoms with van der Waals surface area (Å²) in [5.74, 6) is 0.920. The normalized spacial score (nSPS) is 12.6. The highest BCUT2D eigenvalue weighted by Crippen LogP contribution is 2.29. The molecular formula is C10H12N4O3S. The fourth-order valence-corrected chi connectivity index (χ4v) is 2.26. The molecule has 0 saturated heterocycles. The Labute approximate surface area is 107 Å². The van der Waals surface area contributed by atoms with Gasteiger partial charge < -0.3 is 5.32 Å². The van der Waals surface area contributed by atoms with Gasteiger partial charge in [0.15, 0.2) is 5.52 Å². The standard InChI is InChI=1S/C10H12N4O3S/c1-6(5-18-2)11-7-3-4-8(14(15)16)10-9(7)12-17-13-10/h3-4,6,11H,5H2,1-2H3. The lowest BCUT2D eigenvalue weighted by Gasteiger charge is -2.13. The third-order valence-corrected chi connectivity index (χ3v) is 3.24. The van der Waals surface area contributed by atoms with Crippen molar-refractivity contribution in [2.24, 2.45) is 0 Å². The minimum Gasteiger partial charge on any atom is -0.380 e. The number of fused-ring (bicyclic) bond motifs is 1. The van der Waals surface area contributed by atoms with E-state index in [2.05, 4.69) is 20.3 Å². The second kappa shape index (κ2) is 5.21. The number of hydrogen-bond acceptors (Lipinski definition) is 7.